The fourth-order valence-electron chi connectivity index (χ4n) is 2.60. The van der Waals surface area contributed by atoms with Crippen LogP contribution in [0.15, 0.2) is 24.3 Å². The average molecular weight is 286 g/mol. The second-order valence-corrected chi connectivity index (χ2v) is 5.14. The van der Waals surface area contributed by atoms with Gasteiger partial charge >= 0.3 is 6.18 Å². The van der Waals surface area contributed by atoms with E-state index < -0.39 is 11.7 Å². The Kier molecular flexibility index (Phi) is 4.20. The molecule has 1 amide bonds. The number of rotatable bonds is 3. The van der Waals surface area contributed by atoms with E-state index in [0.29, 0.717) is 25.7 Å². The van der Waals surface area contributed by atoms with Crippen LogP contribution >= 0.6 is 0 Å². The van der Waals surface area contributed by atoms with Crippen molar-refractivity contribution >= 4 is 11.6 Å². The molecule has 1 fully saturated rings. The highest BCUT2D eigenvalue weighted by atomic mass is 19.4. The van der Waals surface area contributed by atoms with Gasteiger partial charge in [0, 0.05) is 17.6 Å². The maximum atomic E-state index is 12.9. The summed E-state index contributed by atoms with van der Waals surface area (Å²) in [5.41, 5.74) is 4.68. The van der Waals surface area contributed by atoms with Crippen LogP contribution in [-0.2, 0) is 11.0 Å². The number of carbonyl (C=O) groups is 1. The lowest BCUT2D eigenvalue weighted by molar-refractivity contribution is -0.137. The fraction of sp³-hybridized carbons (Fsp3) is 0.500. The number of halogens is 3. The first-order valence-electron chi connectivity index (χ1n) is 6.60. The van der Waals surface area contributed by atoms with Crippen LogP contribution in [-0.4, -0.2) is 11.9 Å². The van der Waals surface area contributed by atoms with Gasteiger partial charge in [-0.15, -0.1) is 0 Å². The van der Waals surface area contributed by atoms with Crippen molar-refractivity contribution in [1.29, 1.82) is 0 Å². The monoisotopic (exact) mass is 286 g/mol. The summed E-state index contributed by atoms with van der Waals surface area (Å²) < 4.78 is 38.6. The van der Waals surface area contributed by atoms with Gasteiger partial charge in [-0.3, -0.25) is 4.79 Å². The molecule has 0 aromatic heterocycles. The van der Waals surface area contributed by atoms with Gasteiger partial charge in [-0.2, -0.15) is 13.2 Å². The highest BCUT2D eigenvalue weighted by Gasteiger charge is 2.34. The molecule has 0 spiro atoms. The Hall–Kier alpha value is -1.72. The molecule has 0 radical (unpaired) electrons. The van der Waals surface area contributed by atoms with Crippen molar-refractivity contribution in [2.75, 3.05) is 5.32 Å². The molecule has 3 N–H and O–H groups in total. The minimum Gasteiger partial charge on any atom is -0.382 e. The normalized spacial score (nSPS) is 23.4. The zero-order chi connectivity index (χ0) is 14.8. The van der Waals surface area contributed by atoms with Crippen LogP contribution in [0.1, 0.15) is 31.2 Å². The first-order chi connectivity index (χ1) is 9.38. The Balaban J connectivity index is 2.03. The Morgan fingerprint density at radius 2 is 1.75 bits per heavy atom. The molecule has 0 atom stereocenters. The first-order valence-corrected chi connectivity index (χ1v) is 6.60. The van der Waals surface area contributed by atoms with Crippen LogP contribution in [0.5, 0.6) is 0 Å². The summed E-state index contributed by atoms with van der Waals surface area (Å²) in [4.78, 5) is 11.1. The molecule has 2 rings (SSSR count). The molecule has 0 unspecified atom stereocenters. The number of anilines is 1. The van der Waals surface area contributed by atoms with E-state index in [9.17, 15) is 18.0 Å². The van der Waals surface area contributed by atoms with Gasteiger partial charge in [0.15, 0.2) is 0 Å². The summed E-state index contributed by atoms with van der Waals surface area (Å²) in [6.45, 7) is 0. The zero-order valence-corrected chi connectivity index (χ0v) is 10.9. The second-order valence-electron chi connectivity index (χ2n) is 5.14. The number of hydrogen-bond donors (Lipinski definition) is 2. The standard InChI is InChI=1S/C14H17F3N2O/c15-14(16,17)11-3-1-2-4-12(11)19-10-7-5-9(6-8-10)13(18)20/h1-4,9-10,19H,5-8H2,(H2,18,20). The summed E-state index contributed by atoms with van der Waals surface area (Å²) >= 11 is 0. The van der Waals surface area contributed by atoms with E-state index in [4.69, 9.17) is 5.73 Å². The van der Waals surface area contributed by atoms with Gasteiger partial charge in [0.1, 0.15) is 0 Å². The lowest BCUT2D eigenvalue weighted by Gasteiger charge is -2.29. The van der Waals surface area contributed by atoms with E-state index in [2.05, 4.69) is 5.32 Å². The number of alkyl halides is 3. The van der Waals surface area contributed by atoms with Crippen molar-refractivity contribution in [3.8, 4) is 0 Å². The van der Waals surface area contributed by atoms with E-state index in [1.807, 2.05) is 0 Å². The minimum absolute atomic E-state index is 0.0471. The molecule has 1 aliphatic carbocycles. The van der Waals surface area contributed by atoms with Crippen molar-refractivity contribution in [2.24, 2.45) is 11.7 Å². The molecule has 0 aliphatic heterocycles. The van der Waals surface area contributed by atoms with Gasteiger partial charge in [-0.1, -0.05) is 12.1 Å². The van der Waals surface area contributed by atoms with E-state index >= 15 is 0 Å². The summed E-state index contributed by atoms with van der Waals surface area (Å²) in [5.74, 6) is -0.468. The topological polar surface area (TPSA) is 55.1 Å². The van der Waals surface area contributed by atoms with Crippen LogP contribution in [0.2, 0.25) is 0 Å². The van der Waals surface area contributed by atoms with Crippen LogP contribution in [0.25, 0.3) is 0 Å². The second kappa shape index (κ2) is 5.73. The Morgan fingerprint density at radius 1 is 1.15 bits per heavy atom. The molecule has 1 aromatic rings. The first kappa shape index (κ1) is 14.7. The fourth-order valence-corrected chi connectivity index (χ4v) is 2.60. The predicted octanol–water partition coefficient (Wildman–Crippen LogP) is 3.16. The molecule has 20 heavy (non-hydrogen) atoms. The molecule has 1 aromatic carbocycles. The highest BCUT2D eigenvalue weighted by Crippen LogP contribution is 2.36. The SMILES string of the molecule is NC(=O)C1CCC(Nc2ccccc2C(F)(F)F)CC1. The van der Waals surface area contributed by atoms with Gasteiger partial charge in [-0.25, -0.2) is 0 Å². The minimum atomic E-state index is -4.37. The lowest BCUT2D eigenvalue weighted by Crippen LogP contribution is -2.32. The summed E-state index contributed by atoms with van der Waals surface area (Å²) in [6.07, 6.45) is -1.81. The van der Waals surface area contributed by atoms with Gasteiger partial charge in [0.2, 0.25) is 5.91 Å². The molecular weight excluding hydrogens is 269 g/mol. The number of nitrogens with one attached hydrogen (secondary N) is 1. The number of carbonyl (C=O) groups excluding carboxylic acids is 1. The summed E-state index contributed by atoms with van der Waals surface area (Å²) in [7, 11) is 0. The third-order valence-electron chi connectivity index (χ3n) is 3.72. The van der Waals surface area contributed by atoms with Crippen LogP contribution in [0.4, 0.5) is 18.9 Å². The summed E-state index contributed by atoms with van der Waals surface area (Å²) in [5, 5.41) is 2.94. The third-order valence-corrected chi connectivity index (χ3v) is 3.72. The van der Waals surface area contributed by atoms with E-state index in [-0.39, 0.29) is 23.6 Å². The van der Waals surface area contributed by atoms with Crippen molar-refractivity contribution < 1.29 is 18.0 Å². The molecule has 0 saturated heterocycles. The number of nitrogens with two attached hydrogens (primary N) is 1. The molecular formula is C14H17F3N2O. The lowest BCUT2D eigenvalue weighted by atomic mass is 9.85. The van der Waals surface area contributed by atoms with Gasteiger partial charge < -0.3 is 11.1 Å². The number of benzene rings is 1. The van der Waals surface area contributed by atoms with Gasteiger partial charge in [0.25, 0.3) is 0 Å². The number of primary amides is 1. The van der Waals surface area contributed by atoms with Crippen molar-refractivity contribution in [1.82, 2.24) is 0 Å². The number of hydrogen-bond acceptors (Lipinski definition) is 2. The molecule has 1 saturated carbocycles. The third kappa shape index (κ3) is 3.43. The molecule has 1 aliphatic rings. The van der Waals surface area contributed by atoms with Crippen LogP contribution in [0, 0.1) is 5.92 Å². The van der Waals surface area contributed by atoms with Crippen molar-refractivity contribution in [2.45, 2.75) is 37.9 Å². The van der Waals surface area contributed by atoms with Crippen molar-refractivity contribution in [3.05, 3.63) is 29.8 Å². The van der Waals surface area contributed by atoms with Gasteiger partial charge in [-0.05, 0) is 37.8 Å². The molecule has 0 bridgehead atoms. The van der Waals surface area contributed by atoms with E-state index in [1.165, 1.54) is 12.1 Å². The Bertz CT molecular complexity index is 480. The maximum Gasteiger partial charge on any atom is 0.418 e. The smallest absolute Gasteiger partial charge is 0.382 e. The highest BCUT2D eigenvalue weighted by molar-refractivity contribution is 5.76. The average Bonchev–Trinajstić information content (AvgIpc) is 2.38. The molecule has 3 nitrogen and oxygen atoms in total. The zero-order valence-electron chi connectivity index (χ0n) is 10.9. The number of para-hydroxylation sites is 1. The van der Waals surface area contributed by atoms with Crippen LogP contribution < -0.4 is 11.1 Å². The Morgan fingerprint density at radius 3 is 2.30 bits per heavy atom. The summed E-state index contributed by atoms with van der Waals surface area (Å²) in [6, 6.07) is 5.40. The Labute approximate surface area is 115 Å². The van der Waals surface area contributed by atoms with E-state index in [0.717, 1.165) is 6.07 Å². The molecule has 110 valence electrons. The number of amides is 1. The van der Waals surface area contributed by atoms with Crippen LogP contribution in [0.3, 0.4) is 0 Å². The predicted molar refractivity (Wildman–Crippen MR) is 70.0 cm³/mol. The van der Waals surface area contributed by atoms with E-state index in [1.54, 1.807) is 6.07 Å². The molecule has 6 heteroatoms. The largest absolute Gasteiger partial charge is 0.418 e. The van der Waals surface area contributed by atoms with Gasteiger partial charge in [0.05, 0.1) is 5.56 Å². The quantitative estimate of drug-likeness (QED) is 0.896. The maximum absolute atomic E-state index is 12.9. The molecule has 0 heterocycles. The van der Waals surface area contributed by atoms with Crippen molar-refractivity contribution in [3.63, 3.8) is 0 Å².